The van der Waals surface area contributed by atoms with Gasteiger partial charge in [-0.2, -0.15) is 0 Å². The van der Waals surface area contributed by atoms with Crippen LogP contribution in [-0.2, 0) is 16.0 Å². The van der Waals surface area contributed by atoms with Gasteiger partial charge in [-0.1, -0.05) is 0 Å². The Hall–Kier alpha value is -2.89. The molecule has 6 heteroatoms. The molecule has 1 aromatic heterocycles. The second kappa shape index (κ2) is 8.66. The van der Waals surface area contributed by atoms with Crippen LogP contribution < -0.4 is 10.2 Å². The highest BCUT2D eigenvalue weighted by molar-refractivity contribution is 6.09. The number of hydrogen-bond acceptors (Lipinski definition) is 4. The molecule has 0 saturated heterocycles. The Labute approximate surface area is 161 Å². The molecule has 1 N–H and O–H groups in total. The second-order valence-corrected chi connectivity index (χ2v) is 7.35. The van der Waals surface area contributed by atoms with Crippen LogP contribution in [0.1, 0.15) is 19.4 Å². The highest BCUT2D eigenvalue weighted by atomic mass is 16.2. The molecule has 144 valence electrons. The Morgan fingerprint density at radius 1 is 1.00 bits per heavy atom. The van der Waals surface area contributed by atoms with E-state index in [0.717, 1.165) is 11.3 Å². The summed E-state index contributed by atoms with van der Waals surface area (Å²) in [7, 11) is 5.64. The van der Waals surface area contributed by atoms with Crippen molar-refractivity contribution < 1.29 is 9.59 Å². The molecular formula is C21H28N4O2. The van der Waals surface area contributed by atoms with E-state index in [0.29, 0.717) is 18.7 Å². The van der Waals surface area contributed by atoms with Crippen LogP contribution in [0, 0.1) is 5.41 Å². The molecule has 0 atom stereocenters. The van der Waals surface area contributed by atoms with Crippen molar-refractivity contribution in [2.75, 3.05) is 37.9 Å². The molecule has 0 aliphatic heterocycles. The summed E-state index contributed by atoms with van der Waals surface area (Å²) < 4.78 is 0. The Morgan fingerprint density at radius 2 is 1.59 bits per heavy atom. The highest BCUT2D eigenvalue weighted by Gasteiger charge is 2.38. The number of anilines is 2. The quantitative estimate of drug-likeness (QED) is 0.763. The largest absolute Gasteiger partial charge is 0.378 e. The summed E-state index contributed by atoms with van der Waals surface area (Å²) in [6.45, 7) is 3.85. The van der Waals surface area contributed by atoms with E-state index < -0.39 is 5.41 Å². The normalized spacial score (nSPS) is 11.0. The molecule has 2 aromatic rings. The van der Waals surface area contributed by atoms with Gasteiger partial charge >= 0.3 is 0 Å². The van der Waals surface area contributed by atoms with Crippen molar-refractivity contribution in [2.45, 2.75) is 20.3 Å². The van der Waals surface area contributed by atoms with Crippen LogP contribution in [0.25, 0.3) is 0 Å². The summed E-state index contributed by atoms with van der Waals surface area (Å²) in [6, 6.07) is 11.4. The Bertz CT molecular complexity index is 771. The third-order valence-electron chi connectivity index (χ3n) is 4.58. The molecule has 2 amide bonds. The smallest absolute Gasteiger partial charge is 0.239 e. The zero-order valence-corrected chi connectivity index (χ0v) is 16.7. The van der Waals surface area contributed by atoms with E-state index in [1.54, 1.807) is 38.2 Å². The number of pyridine rings is 1. The number of hydrogen-bond donors (Lipinski definition) is 1. The van der Waals surface area contributed by atoms with Crippen LogP contribution in [0.2, 0.25) is 0 Å². The fraction of sp³-hybridized carbons (Fsp3) is 0.381. The van der Waals surface area contributed by atoms with Crippen molar-refractivity contribution >= 4 is 23.2 Å². The van der Waals surface area contributed by atoms with Crippen LogP contribution in [0.4, 0.5) is 11.4 Å². The molecule has 1 heterocycles. The SMILES string of the molecule is CN(CCc1ccncc1)C(=O)C(C)(C)C(=O)Nc1ccc(N(C)C)cc1. The average Bonchev–Trinajstić information content (AvgIpc) is 2.66. The van der Waals surface area contributed by atoms with Gasteiger partial charge in [0.2, 0.25) is 11.8 Å². The first-order valence-corrected chi connectivity index (χ1v) is 8.95. The summed E-state index contributed by atoms with van der Waals surface area (Å²) in [6.07, 6.45) is 4.18. The van der Waals surface area contributed by atoms with Gasteiger partial charge < -0.3 is 15.1 Å². The number of nitrogens with zero attached hydrogens (tertiary/aromatic N) is 3. The average molecular weight is 368 g/mol. The zero-order chi connectivity index (χ0) is 20.0. The second-order valence-electron chi connectivity index (χ2n) is 7.35. The fourth-order valence-electron chi connectivity index (χ4n) is 2.65. The highest BCUT2D eigenvalue weighted by Crippen LogP contribution is 2.23. The van der Waals surface area contributed by atoms with Gasteiger partial charge in [0, 0.05) is 51.5 Å². The fourth-order valence-corrected chi connectivity index (χ4v) is 2.65. The number of rotatable bonds is 7. The van der Waals surface area contributed by atoms with Gasteiger partial charge in [0.1, 0.15) is 5.41 Å². The maximum atomic E-state index is 12.8. The third-order valence-corrected chi connectivity index (χ3v) is 4.58. The molecule has 0 unspecified atom stereocenters. The third kappa shape index (κ3) is 5.29. The Balaban J connectivity index is 1.97. The van der Waals surface area contributed by atoms with Gasteiger partial charge in [-0.15, -0.1) is 0 Å². The molecule has 0 spiro atoms. The van der Waals surface area contributed by atoms with Gasteiger partial charge in [0.15, 0.2) is 0 Å². The predicted molar refractivity (Wildman–Crippen MR) is 109 cm³/mol. The van der Waals surface area contributed by atoms with Crippen molar-refractivity contribution in [2.24, 2.45) is 5.41 Å². The summed E-state index contributed by atoms with van der Waals surface area (Å²) in [5, 5.41) is 2.84. The van der Waals surface area contributed by atoms with Crippen molar-refractivity contribution in [3.8, 4) is 0 Å². The molecule has 0 aliphatic rings. The van der Waals surface area contributed by atoms with Gasteiger partial charge in [0.05, 0.1) is 0 Å². The molecular weight excluding hydrogens is 340 g/mol. The van der Waals surface area contributed by atoms with Crippen molar-refractivity contribution in [3.05, 3.63) is 54.4 Å². The minimum absolute atomic E-state index is 0.209. The first-order chi connectivity index (χ1) is 12.7. The molecule has 6 nitrogen and oxygen atoms in total. The number of nitrogens with one attached hydrogen (secondary N) is 1. The lowest BCUT2D eigenvalue weighted by Gasteiger charge is -2.28. The lowest BCUT2D eigenvalue weighted by Crippen LogP contribution is -2.46. The maximum absolute atomic E-state index is 12.8. The minimum atomic E-state index is -1.16. The molecule has 1 aromatic carbocycles. The van der Waals surface area contributed by atoms with E-state index in [1.807, 2.05) is 55.4 Å². The predicted octanol–water partition coefficient (Wildman–Crippen LogP) is 2.81. The van der Waals surface area contributed by atoms with Crippen LogP contribution >= 0.6 is 0 Å². The van der Waals surface area contributed by atoms with Crippen molar-refractivity contribution in [3.63, 3.8) is 0 Å². The van der Waals surface area contributed by atoms with Gasteiger partial charge in [-0.05, 0) is 62.2 Å². The number of likely N-dealkylation sites (N-methyl/N-ethyl adjacent to an activating group) is 1. The molecule has 0 bridgehead atoms. The minimum Gasteiger partial charge on any atom is -0.378 e. The maximum Gasteiger partial charge on any atom is 0.239 e. The molecule has 0 radical (unpaired) electrons. The monoisotopic (exact) mass is 368 g/mol. The van der Waals surface area contributed by atoms with Gasteiger partial charge in [0.25, 0.3) is 0 Å². The number of amides is 2. The topological polar surface area (TPSA) is 65.5 Å². The summed E-state index contributed by atoms with van der Waals surface area (Å²) in [4.78, 5) is 33.1. The lowest BCUT2D eigenvalue weighted by atomic mass is 9.90. The molecule has 0 fully saturated rings. The van der Waals surface area contributed by atoms with Crippen LogP contribution in [0.15, 0.2) is 48.8 Å². The Kier molecular flexibility index (Phi) is 6.55. The summed E-state index contributed by atoms with van der Waals surface area (Å²) in [5.41, 5.74) is 1.66. The van der Waals surface area contributed by atoms with E-state index in [-0.39, 0.29) is 11.8 Å². The molecule has 0 saturated carbocycles. The first-order valence-electron chi connectivity index (χ1n) is 8.95. The zero-order valence-electron chi connectivity index (χ0n) is 16.7. The number of aromatic nitrogens is 1. The van der Waals surface area contributed by atoms with E-state index in [2.05, 4.69) is 10.3 Å². The summed E-state index contributed by atoms with van der Waals surface area (Å²) in [5.74, 6) is -0.528. The lowest BCUT2D eigenvalue weighted by molar-refractivity contribution is -0.145. The first kappa shape index (κ1) is 20.4. The van der Waals surface area contributed by atoms with Crippen molar-refractivity contribution in [1.82, 2.24) is 9.88 Å². The van der Waals surface area contributed by atoms with E-state index in [9.17, 15) is 9.59 Å². The van der Waals surface area contributed by atoms with Gasteiger partial charge in [-0.25, -0.2) is 0 Å². The van der Waals surface area contributed by atoms with Crippen LogP contribution in [0.3, 0.4) is 0 Å². The van der Waals surface area contributed by atoms with E-state index >= 15 is 0 Å². The number of carbonyl (C=O) groups excluding carboxylic acids is 2. The number of carbonyl (C=O) groups is 2. The van der Waals surface area contributed by atoms with Crippen molar-refractivity contribution in [1.29, 1.82) is 0 Å². The van der Waals surface area contributed by atoms with Crippen LogP contribution in [-0.4, -0.2) is 49.4 Å². The molecule has 27 heavy (non-hydrogen) atoms. The van der Waals surface area contributed by atoms with Crippen LogP contribution in [0.5, 0.6) is 0 Å². The van der Waals surface area contributed by atoms with Gasteiger partial charge in [-0.3, -0.25) is 14.6 Å². The number of benzene rings is 1. The standard InChI is InChI=1S/C21H28N4O2/c1-21(2,19(26)23-17-6-8-18(9-7-17)24(3)4)20(27)25(5)15-12-16-10-13-22-14-11-16/h6-11,13-14H,12,15H2,1-5H3,(H,23,26). The Morgan fingerprint density at radius 3 is 2.15 bits per heavy atom. The summed E-state index contributed by atoms with van der Waals surface area (Å²) >= 11 is 0. The van der Waals surface area contributed by atoms with E-state index in [4.69, 9.17) is 0 Å². The molecule has 2 rings (SSSR count). The van der Waals surface area contributed by atoms with E-state index in [1.165, 1.54) is 0 Å². The molecule has 0 aliphatic carbocycles.